The highest BCUT2D eigenvalue weighted by molar-refractivity contribution is 5.75. The van der Waals surface area contributed by atoms with E-state index in [2.05, 4.69) is 10.4 Å². The van der Waals surface area contributed by atoms with E-state index in [4.69, 9.17) is 4.74 Å². The van der Waals surface area contributed by atoms with E-state index in [9.17, 15) is 20.0 Å². The van der Waals surface area contributed by atoms with E-state index in [1.807, 2.05) is 0 Å². The largest absolute Gasteiger partial charge is 0.388 e. The third-order valence-electron chi connectivity index (χ3n) is 3.17. The second-order valence-corrected chi connectivity index (χ2v) is 4.77. The fourth-order valence-corrected chi connectivity index (χ4v) is 1.93. The highest BCUT2D eigenvalue weighted by Crippen LogP contribution is 2.19. The summed E-state index contributed by atoms with van der Waals surface area (Å²) in [4.78, 5) is 21.6. The van der Waals surface area contributed by atoms with Crippen molar-refractivity contribution in [3.8, 4) is 0 Å². The first-order chi connectivity index (χ1) is 9.48. The lowest BCUT2D eigenvalue weighted by Gasteiger charge is -2.32. The van der Waals surface area contributed by atoms with Crippen molar-refractivity contribution < 1.29 is 19.6 Å². The SMILES string of the molecule is O=C(Cn1cc([N+](=O)[O-])cn1)NCC1(O)CCOCC1. The van der Waals surface area contributed by atoms with Gasteiger partial charge in [-0.25, -0.2) is 0 Å². The molecule has 110 valence electrons. The van der Waals surface area contributed by atoms with Crippen LogP contribution in [-0.4, -0.2) is 51.1 Å². The fourth-order valence-electron chi connectivity index (χ4n) is 1.93. The first-order valence-corrected chi connectivity index (χ1v) is 6.22. The molecule has 2 N–H and O–H groups in total. The minimum atomic E-state index is -0.940. The van der Waals surface area contributed by atoms with Crippen molar-refractivity contribution in [2.45, 2.75) is 25.0 Å². The molecule has 0 atom stereocenters. The minimum Gasteiger partial charge on any atom is -0.388 e. The van der Waals surface area contributed by atoms with Gasteiger partial charge in [-0.15, -0.1) is 0 Å². The van der Waals surface area contributed by atoms with Crippen LogP contribution < -0.4 is 5.32 Å². The first-order valence-electron chi connectivity index (χ1n) is 6.22. The van der Waals surface area contributed by atoms with E-state index in [-0.39, 0.29) is 24.7 Å². The van der Waals surface area contributed by atoms with Gasteiger partial charge in [0.2, 0.25) is 5.91 Å². The molecule has 0 spiro atoms. The summed E-state index contributed by atoms with van der Waals surface area (Å²) in [5, 5.41) is 27.0. The number of hydrogen-bond donors (Lipinski definition) is 2. The molecule has 2 rings (SSSR count). The van der Waals surface area contributed by atoms with E-state index in [1.165, 1.54) is 10.9 Å². The summed E-state index contributed by atoms with van der Waals surface area (Å²) in [7, 11) is 0. The van der Waals surface area contributed by atoms with Gasteiger partial charge in [0.15, 0.2) is 0 Å². The lowest BCUT2D eigenvalue weighted by atomic mass is 9.94. The van der Waals surface area contributed by atoms with E-state index in [1.54, 1.807) is 0 Å². The summed E-state index contributed by atoms with van der Waals surface area (Å²) in [5.41, 5.74) is -1.11. The van der Waals surface area contributed by atoms with Crippen molar-refractivity contribution in [1.29, 1.82) is 0 Å². The number of carbonyl (C=O) groups excluding carboxylic acids is 1. The Morgan fingerprint density at radius 2 is 2.30 bits per heavy atom. The van der Waals surface area contributed by atoms with Crippen LogP contribution in [0.3, 0.4) is 0 Å². The van der Waals surface area contributed by atoms with Crippen LogP contribution >= 0.6 is 0 Å². The normalized spacial score (nSPS) is 17.6. The van der Waals surface area contributed by atoms with Gasteiger partial charge in [-0.2, -0.15) is 5.10 Å². The number of nitrogens with one attached hydrogen (secondary N) is 1. The number of rotatable bonds is 5. The smallest absolute Gasteiger partial charge is 0.307 e. The standard InChI is InChI=1S/C11H16N4O5/c16-10(7-14-6-9(5-13-14)15(18)19)12-8-11(17)1-3-20-4-2-11/h5-6,17H,1-4,7-8H2,(H,12,16). The quantitative estimate of drug-likeness (QED) is 0.553. The molecular formula is C11H16N4O5. The molecule has 1 fully saturated rings. The average molecular weight is 284 g/mol. The number of carbonyl (C=O) groups is 1. The fraction of sp³-hybridized carbons (Fsp3) is 0.636. The Morgan fingerprint density at radius 3 is 2.90 bits per heavy atom. The van der Waals surface area contributed by atoms with Gasteiger partial charge in [0.1, 0.15) is 18.9 Å². The molecule has 9 nitrogen and oxygen atoms in total. The predicted molar refractivity (Wildman–Crippen MR) is 66.9 cm³/mol. The first kappa shape index (κ1) is 14.4. The van der Waals surface area contributed by atoms with Gasteiger partial charge >= 0.3 is 5.69 Å². The van der Waals surface area contributed by atoms with Crippen molar-refractivity contribution in [3.63, 3.8) is 0 Å². The zero-order chi connectivity index (χ0) is 14.6. The van der Waals surface area contributed by atoms with Crippen LogP contribution in [0.2, 0.25) is 0 Å². The highest BCUT2D eigenvalue weighted by Gasteiger charge is 2.30. The molecule has 9 heteroatoms. The molecule has 0 saturated carbocycles. The number of aliphatic hydroxyl groups is 1. The molecule has 20 heavy (non-hydrogen) atoms. The van der Waals surface area contributed by atoms with Crippen molar-refractivity contribution in [1.82, 2.24) is 15.1 Å². The zero-order valence-corrected chi connectivity index (χ0v) is 10.8. The van der Waals surface area contributed by atoms with Gasteiger partial charge in [0.25, 0.3) is 0 Å². The third-order valence-corrected chi connectivity index (χ3v) is 3.17. The monoisotopic (exact) mass is 284 g/mol. The number of ether oxygens (including phenoxy) is 1. The predicted octanol–water partition coefficient (Wildman–Crippen LogP) is -0.551. The van der Waals surface area contributed by atoms with Crippen LogP contribution in [0.15, 0.2) is 12.4 Å². The van der Waals surface area contributed by atoms with Crippen LogP contribution in [-0.2, 0) is 16.1 Å². The molecule has 0 unspecified atom stereocenters. The van der Waals surface area contributed by atoms with Gasteiger partial charge < -0.3 is 15.2 Å². The van der Waals surface area contributed by atoms with Gasteiger partial charge in [-0.3, -0.25) is 19.6 Å². The maximum absolute atomic E-state index is 11.7. The summed E-state index contributed by atoms with van der Waals surface area (Å²) >= 11 is 0. The Hall–Kier alpha value is -2.00. The number of aromatic nitrogens is 2. The molecular weight excluding hydrogens is 268 g/mol. The van der Waals surface area contributed by atoms with Crippen LogP contribution in [0.5, 0.6) is 0 Å². The second kappa shape index (κ2) is 5.97. The lowest BCUT2D eigenvalue weighted by Crippen LogP contribution is -2.47. The summed E-state index contributed by atoms with van der Waals surface area (Å²) in [6, 6.07) is 0. The van der Waals surface area contributed by atoms with E-state index < -0.39 is 10.5 Å². The Balaban J connectivity index is 1.81. The Bertz CT molecular complexity index is 495. The number of nitro groups is 1. The molecule has 0 aliphatic carbocycles. The average Bonchev–Trinajstić information content (AvgIpc) is 2.86. The molecule has 1 aliphatic heterocycles. The van der Waals surface area contributed by atoms with Gasteiger partial charge in [0.05, 0.1) is 10.5 Å². The second-order valence-electron chi connectivity index (χ2n) is 4.77. The Morgan fingerprint density at radius 1 is 1.60 bits per heavy atom. The van der Waals surface area contributed by atoms with Gasteiger partial charge in [0, 0.05) is 32.6 Å². The van der Waals surface area contributed by atoms with Crippen LogP contribution in [0.25, 0.3) is 0 Å². The summed E-state index contributed by atoms with van der Waals surface area (Å²) in [6.07, 6.45) is 3.21. The molecule has 0 bridgehead atoms. The van der Waals surface area contributed by atoms with Crippen molar-refractivity contribution >= 4 is 11.6 Å². The van der Waals surface area contributed by atoms with Gasteiger partial charge in [-0.1, -0.05) is 0 Å². The number of amides is 1. The minimum absolute atomic E-state index is 0.125. The molecule has 1 aliphatic rings. The maximum Gasteiger partial charge on any atom is 0.307 e. The molecule has 1 amide bonds. The molecule has 1 aromatic rings. The molecule has 0 radical (unpaired) electrons. The van der Waals surface area contributed by atoms with Gasteiger partial charge in [-0.05, 0) is 0 Å². The molecule has 0 aromatic carbocycles. The lowest BCUT2D eigenvalue weighted by molar-refractivity contribution is -0.385. The third kappa shape index (κ3) is 3.75. The highest BCUT2D eigenvalue weighted by atomic mass is 16.6. The summed E-state index contributed by atoms with van der Waals surface area (Å²) in [6.45, 7) is 0.953. The van der Waals surface area contributed by atoms with E-state index in [0.717, 1.165) is 6.20 Å². The van der Waals surface area contributed by atoms with Crippen molar-refractivity contribution in [3.05, 3.63) is 22.5 Å². The van der Waals surface area contributed by atoms with Crippen molar-refractivity contribution in [2.24, 2.45) is 0 Å². The number of nitrogens with zero attached hydrogens (tertiary/aromatic N) is 3. The molecule has 1 saturated heterocycles. The van der Waals surface area contributed by atoms with Crippen molar-refractivity contribution in [2.75, 3.05) is 19.8 Å². The zero-order valence-electron chi connectivity index (χ0n) is 10.8. The van der Waals surface area contributed by atoms with Crippen LogP contribution in [0.4, 0.5) is 5.69 Å². The molecule has 1 aromatic heterocycles. The maximum atomic E-state index is 11.7. The summed E-state index contributed by atoms with van der Waals surface area (Å²) < 4.78 is 6.32. The van der Waals surface area contributed by atoms with Crippen LogP contribution in [0.1, 0.15) is 12.8 Å². The Labute approximate surface area is 114 Å². The summed E-state index contributed by atoms with van der Waals surface area (Å²) in [5.74, 6) is -0.358. The topological polar surface area (TPSA) is 120 Å². The van der Waals surface area contributed by atoms with E-state index in [0.29, 0.717) is 26.1 Å². The van der Waals surface area contributed by atoms with E-state index >= 15 is 0 Å². The van der Waals surface area contributed by atoms with Crippen LogP contribution in [0, 0.1) is 10.1 Å². The molecule has 2 heterocycles. The Kier molecular flexibility index (Phi) is 4.30. The number of hydrogen-bond acceptors (Lipinski definition) is 6.